The summed E-state index contributed by atoms with van der Waals surface area (Å²) in [7, 11) is 0. The third kappa shape index (κ3) is 3.45. The van der Waals surface area contributed by atoms with Crippen molar-refractivity contribution in [3.63, 3.8) is 0 Å². The van der Waals surface area contributed by atoms with Crippen molar-refractivity contribution < 1.29 is 14.1 Å². The molecule has 1 N–H and O–H groups in total. The zero-order valence-electron chi connectivity index (χ0n) is 10.8. The van der Waals surface area contributed by atoms with E-state index in [1.807, 2.05) is 17.5 Å². The summed E-state index contributed by atoms with van der Waals surface area (Å²) in [5, 5.41) is 12.1. The molecule has 0 atom stereocenters. The van der Waals surface area contributed by atoms with Crippen molar-refractivity contribution in [3.05, 3.63) is 36.2 Å². The molecular formula is C12H11N5O3S. The van der Waals surface area contributed by atoms with Crippen LogP contribution in [-0.4, -0.2) is 32.6 Å². The molecule has 1 amide bonds. The molecule has 0 saturated heterocycles. The van der Waals surface area contributed by atoms with Crippen LogP contribution in [0.25, 0.3) is 10.6 Å². The van der Waals surface area contributed by atoms with Crippen molar-refractivity contribution in [2.75, 3.05) is 6.54 Å². The van der Waals surface area contributed by atoms with Crippen LogP contribution in [0.4, 0.5) is 4.79 Å². The van der Waals surface area contributed by atoms with Crippen LogP contribution in [0.1, 0.15) is 0 Å². The van der Waals surface area contributed by atoms with Crippen LogP contribution in [0, 0.1) is 0 Å². The van der Waals surface area contributed by atoms with Gasteiger partial charge in [0.05, 0.1) is 17.5 Å². The van der Waals surface area contributed by atoms with Crippen molar-refractivity contribution in [1.82, 2.24) is 25.2 Å². The molecule has 0 aliphatic carbocycles. The largest absolute Gasteiger partial charge is 0.414 e. The maximum atomic E-state index is 11.6. The van der Waals surface area contributed by atoms with Gasteiger partial charge in [-0.3, -0.25) is 4.68 Å². The molecule has 0 fully saturated rings. The second-order valence-electron chi connectivity index (χ2n) is 3.98. The van der Waals surface area contributed by atoms with Gasteiger partial charge in [-0.2, -0.15) is 5.10 Å². The molecule has 21 heavy (non-hydrogen) atoms. The second kappa shape index (κ2) is 6.18. The highest BCUT2D eigenvalue weighted by Gasteiger charge is 2.11. The van der Waals surface area contributed by atoms with Crippen molar-refractivity contribution in [2.24, 2.45) is 0 Å². The van der Waals surface area contributed by atoms with Crippen LogP contribution >= 0.6 is 11.3 Å². The van der Waals surface area contributed by atoms with Gasteiger partial charge in [-0.1, -0.05) is 6.07 Å². The summed E-state index contributed by atoms with van der Waals surface area (Å²) < 4.78 is 11.7. The van der Waals surface area contributed by atoms with E-state index >= 15 is 0 Å². The van der Waals surface area contributed by atoms with Crippen molar-refractivity contribution in [2.45, 2.75) is 6.54 Å². The third-order valence-corrected chi connectivity index (χ3v) is 3.41. The number of hydrogen-bond acceptors (Lipinski definition) is 7. The SMILES string of the molecule is O=C(NCCn1cncn1)Oc1cc(-c2cccs2)on1. The first-order valence-electron chi connectivity index (χ1n) is 6.10. The monoisotopic (exact) mass is 305 g/mol. The van der Waals surface area contributed by atoms with E-state index in [0.717, 1.165) is 4.88 Å². The number of carbonyl (C=O) groups excluding carboxylic acids is 1. The fourth-order valence-electron chi connectivity index (χ4n) is 1.59. The quantitative estimate of drug-likeness (QED) is 0.772. The van der Waals surface area contributed by atoms with Gasteiger partial charge in [0, 0.05) is 6.54 Å². The minimum Gasteiger partial charge on any atom is -0.388 e. The Morgan fingerprint density at radius 2 is 2.48 bits per heavy atom. The smallest absolute Gasteiger partial charge is 0.388 e. The zero-order chi connectivity index (χ0) is 14.5. The topological polar surface area (TPSA) is 95.1 Å². The van der Waals surface area contributed by atoms with Gasteiger partial charge in [0.15, 0.2) is 5.76 Å². The molecule has 0 aliphatic heterocycles. The first kappa shape index (κ1) is 13.3. The van der Waals surface area contributed by atoms with Crippen LogP contribution in [-0.2, 0) is 6.54 Å². The Hall–Kier alpha value is -2.68. The van der Waals surface area contributed by atoms with E-state index < -0.39 is 6.09 Å². The van der Waals surface area contributed by atoms with Crippen molar-refractivity contribution in [1.29, 1.82) is 0 Å². The molecule has 3 rings (SSSR count). The first-order valence-corrected chi connectivity index (χ1v) is 6.98. The van der Waals surface area contributed by atoms with E-state index in [9.17, 15) is 4.79 Å². The average Bonchev–Trinajstić information content (AvgIpc) is 3.21. The standard InChI is InChI=1S/C12H11N5O3S/c18-12(14-3-4-17-8-13-7-15-17)19-11-6-9(20-16-11)10-2-1-5-21-10/h1-2,5-8H,3-4H2,(H,14,18). The lowest BCUT2D eigenvalue weighted by atomic mass is 10.4. The number of aromatic nitrogens is 4. The summed E-state index contributed by atoms with van der Waals surface area (Å²) in [6, 6.07) is 5.37. The first-order chi connectivity index (χ1) is 10.3. The van der Waals surface area contributed by atoms with Crippen LogP contribution in [0.5, 0.6) is 5.88 Å². The number of carbonyl (C=O) groups is 1. The van der Waals surface area contributed by atoms with Gasteiger partial charge < -0.3 is 14.6 Å². The molecule has 9 heteroatoms. The van der Waals surface area contributed by atoms with Gasteiger partial charge in [0.2, 0.25) is 0 Å². The van der Waals surface area contributed by atoms with Gasteiger partial charge >= 0.3 is 6.09 Å². The Morgan fingerprint density at radius 3 is 3.24 bits per heavy atom. The molecule has 0 radical (unpaired) electrons. The van der Waals surface area contributed by atoms with Crippen LogP contribution in [0.3, 0.4) is 0 Å². The number of nitrogens with one attached hydrogen (secondary N) is 1. The highest BCUT2D eigenvalue weighted by atomic mass is 32.1. The number of amides is 1. The Bertz CT molecular complexity index is 692. The number of thiophene rings is 1. The lowest BCUT2D eigenvalue weighted by molar-refractivity contribution is 0.195. The summed E-state index contributed by atoms with van der Waals surface area (Å²) in [6.07, 6.45) is 2.40. The predicted molar refractivity (Wildman–Crippen MR) is 73.9 cm³/mol. The number of nitrogens with zero attached hydrogens (tertiary/aromatic N) is 4. The molecule has 0 aromatic carbocycles. The third-order valence-electron chi connectivity index (χ3n) is 2.53. The molecule has 0 bridgehead atoms. The molecule has 108 valence electrons. The maximum absolute atomic E-state index is 11.6. The van der Waals surface area contributed by atoms with Gasteiger partial charge in [-0.15, -0.1) is 11.3 Å². The normalized spacial score (nSPS) is 10.5. The Balaban J connectivity index is 1.48. The predicted octanol–water partition coefficient (Wildman–Crippen LogP) is 1.78. The fraction of sp³-hybridized carbons (Fsp3) is 0.167. The van der Waals surface area contributed by atoms with Gasteiger partial charge in [-0.05, 0) is 16.6 Å². The molecule has 3 aromatic heterocycles. The maximum Gasteiger partial charge on any atom is 0.414 e. The molecule has 0 spiro atoms. The minimum atomic E-state index is -0.596. The van der Waals surface area contributed by atoms with Gasteiger partial charge in [-0.25, -0.2) is 9.78 Å². The molecule has 3 aromatic rings. The van der Waals surface area contributed by atoms with Crippen molar-refractivity contribution >= 4 is 17.4 Å². The highest BCUT2D eigenvalue weighted by molar-refractivity contribution is 7.13. The van der Waals surface area contributed by atoms with E-state index in [-0.39, 0.29) is 5.88 Å². The summed E-state index contributed by atoms with van der Waals surface area (Å²) >= 11 is 1.52. The second-order valence-corrected chi connectivity index (χ2v) is 4.93. The Kier molecular flexibility index (Phi) is 3.92. The number of hydrogen-bond donors (Lipinski definition) is 1. The van der Waals surface area contributed by atoms with Crippen molar-refractivity contribution in [3.8, 4) is 16.5 Å². The van der Waals surface area contributed by atoms with Gasteiger partial charge in [0.25, 0.3) is 5.88 Å². The number of rotatable bonds is 5. The molecule has 0 saturated carbocycles. The fourth-order valence-corrected chi connectivity index (χ4v) is 2.27. The Morgan fingerprint density at radius 1 is 1.52 bits per heavy atom. The molecule has 0 aliphatic rings. The van der Waals surface area contributed by atoms with E-state index in [1.54, 1.807) is 17.1 Å². The van der Waals surface area contributed by atoms with E-state index in [4.69, 9.17) is 9.26 Å². The van der Waals surface area contributed by atoms with E-state index in [2.05, 4.69) is 20.6 Å². The molecule has 0 unspecified atom stereocenters. The number of ether oxygens (including phenoxy) is 1. The molecular weight excluding hydrogens is 294 g/mol. The molecule has 8 nitrogen and oxygen atoms in total. The summed E-state index contributed by atoms with van der Waals surface area (Å²) in [5.74, 6) is 0.687. The lowest BCUT2D eigenvalue weighted by Crippen LogP contribution is -2.30. The highest BCUT2D eigenvalue weighted by Crippen LogP contribution is 2.27. The Labute approximate surface area is 123 Å². The van der Waals surface area contributed by atoms with E-state index in [1.165, 1.54) is 17.7 Å². The summed E-state index contributed by atoms with van der Waals surface area (Å²) in [6.45, 7) is 0.881. The summed E-state index contributed by atoms with van der Waals surface area (Å²) in [4.78, 5) is 16.3. The van der Waals surface area contributed by atoms with Crippen LogP contribution in [0.2, 0.25) is 0 Å². The van der Waals surface area contributed by atoms with Gasteiger partial charge in [0.1, 0.15) is 12.7 Å². The lowest BCUT2D eigenvalue weighted by Gasteiger charge is -2.03. The average molecular weight is 305 g/mol. The van der Waals surface area contributed by atoms with E-state index in [0.29, 0.717) is 18.8 Å². The minimum absolute atomic E-state index is 0.122. The van der Waals surface area contributed by atoms with Crippen LogP contribution < -0.4 is 10.1 Å². The summed E-state index contributed by atoms with van der Waals surface area (Å²) in [5.41, 5.74) is 0. The van der Waals surface area contributed by atoms with Crippen LogP contribution in [0.15, 0.2) is 40.8 Å². The molecule has 3 heterocycles. The zero-order valence-corrected chi connectivity index (χ0v) is 11.6.